The van der Waals surface area contributed by atoms with E-state index < -0.39 is 0 Å². The molecule has 2 aromatic carbocycles. The second kappa shape index (κ2) is 15.2. The lowest BCUT2D eigenvalue weighted by Gasteiger charge is -2.11. The van der Waals surface area contributed by atoms with Crippen LogP contribution in [0.1, 0.15) is 10.4 Å². The van der Waals surface area contributed by atoms with Crippen molar-refractivity contribution in [1.82, 2.24) is 20.3 Å². The minimum atomic E-state index is -0.117. The highest BCUT2D eigenvalue weighted by atomic mass is 16.5. The first-order valence-corrected chi connectivity index (χ1v) is 11.4. The van der Waals surface area contributed by atoms with E-state index in [2.05, 4.69) is 30.9 Å². The maximum atomic E-state index is 11.9. The number of aromatic nitrogens is 3. The normalized spacial score (nSPS) is 10.5. The number of amides is 1. The summed E-state index contributed by atoms with van der Waals surface area (Å²) in [7, 11) is 0. The molecule has 0 aliphatic carbocycles. The quantitative estimate of drug-likeness (QED) is 0.224. The molecular formula is C24H31N7O4. The predicted octanol–water partition coefficient (Wildman–Crippen LogP) is 1.91. The largest absolute Gasteiger partial charge is 0.424 e. The summed E-state index contributed by atoms with van der Waals surface area (Å²) < 4.78 is 16.8. The molecule has 0 aliphatic heterocycles. The van der Waals surface area contributed by atoms with Crippen molar-refractivity contribution in [1.29, 1.82) is 0 Å². The fourth-order valence-corrected chi connectivity index (χ4v) is 2.82. The first-order valence-electron chi connectivity index (χ1n) is 11.4. The zero-order chi connectivity index (χ0) is 24.6. The van der Waals surface area contributed by atoms with Gasteiger partial charge in [0, 0.05) is 31.7 Å². The van der Waals surface area contributed by atoms with Crippen LogP contribution in [0.4, 0.5) is 11.9 Å². The molecular weight excluding hydrogens is 450 g/mol. The molecule has 0 radical (unpaired) electrons. The van der Waals surface area contributed by atoms with Crippen molar-refractivity contribution in [3.8, 4) is 11.8 Å². The molecule has 0 saturated heterocycles. The van der Waals surface area contributed by atoms with Crippen molar-refractivity contribution >= 4 is 17.8 Å². The van der Waals surface area contributed by atoms with E-state index in [1.54, 1.807) is 12.1 Å². The second-order valence-corrected chi connectivity index (χ2v) is 7.17. The molecule has 0 unspecified atom stereocenters. The average molecular weight is 482 g/mol. The van der Waals surface area contributed by atoms with E-state index in [0.29, 0.717) is 75.8 Å². The zero-order valence-electron chi connectivity index (χ0n) is 19.5. The number of para-hydroxylation sites is 1. The molecule has 0 bridgehead atoms. The van der Waals surface area contributed by atoms with E-state index in [1.807, 2.05) is 48.5 Å². The summed E-state index contributed by atoms with van der Waals surface area (Å²) in [6.07, 6.45) is 0. The SMILES string of the molecule is NCCNc1nc(NCCOCCOCCNC(=O)c2ccccc2)nc(Oc2ccccc2)n1. The van der Waals surface area contributed by atoms with E-state index in [9.17, 15) is 4.79 Å². The Morgan fingerprint density at radius 3 is 2.00 bits per heavy atom. The van der Waals surface area contributed by atoms with E-state index in [4.69, 9.17) is 19.9 Å². The highest BCUT2D eigenvalue weighted by Gasteiger charge is 2.08. The third kappa shape index (κ3) is 9.92. The van der Waals surface area contributed by atoms with E-state index >= 15 is 0 Å². The first-order chi connectivity index (χ1) is 17.2. The Labute approximate surface area is 204 Å². The number of benzene rings is 2. The number of nitrogens with zero attached hydrogens (tertiary/aromatic N) is 3. The summed E-state index contributed by atoms with van der Waals surface area (Å²) in [5, 5.41) is 8.94. The van der Waals surface area contributed by atoms with Crippen LogP contribution < -0.4 is 26.4 Å². The third-order valence-electron chi connectivity index (χ3n) is 4.46. The van der Waals surface area contributed by atoms with Gasteiger partial charge in [-0.05, 0) is 24.3 Å². The Bertz CT molecular complexity index is 1010. The number of carbonyl (C=O) groups is 1. The third-order valence-corrected chi connectivity index (χ3v) is 4.46. The number of nitrogens with two attached hydrogens (primary N) is 1. The Morgan fingerprint density at radius 2 is 1.34 bits per heavy atom. The summed E-state index contributed by atoms with van der Waals surface area (Å²) >= 11 is 0. The van der Waals surface area contributed by atoms with Gasteiger partial charge in [0.1, 0.15) is 5.75 Å². The van der Waals surface area contributed by atoms with Crippen LogP contribution in [0.25, 0.3) is 0 Å². The summed E-state index contributed by atoms with van der Waals surface area (Å²) in [4.78, 5) is 24.8. The van der Waals surface area contributed by atoms with Gasteiger partial charge in [0.05, 0.1) is 26.4 Å². The highest BCUT2D eigenvalue weighted by Crippen LogP contribution is 2.19. The van der Waals surface area contributed by atoms with Crippen LogP contribution in [0.15, 0.2) is 60.7 Å². The molecule has 186 valence electrons. The van der Waals surface area contributed by atoms with Crippen LogP contribution in [0.5, 0.6) is 11.8 Å². The number of rotatable bonds is 16. The van der Waals surface area contributed by atoms with Crippen molar-refractivity contribution in [2.75, 3.05) is 63.2 Å². The van der Waals surface area contributed by atoms with Crippen LogP contribution in [0.3, 0.4) is 0 Å². The Hall–Kier alpha value is -3.80. The standard InChI is InChI=1S/C24H31N7O4/c25-11-12-27-22-29-23(31-24(30-22)35-20-9-5-2-6-10-20)28-14-16-34-18-17-33-15-13-26-21(32)19-7-3-1-4-8-19/h1-10H,11-18,25H2,(H,26,32)(H2,27,28,29,30,31). The molecule has 3 rings (SSSR count). The zero-order valence-corrected chi connectivity index (χ0v) is 19.5. The number of anilines is 2. The van der Waals surface area contributed by atoms with Gasteiger partial charge in [-0.2, -0.15) is 15.0 Å². The smallest absolute Gasteiger partial charge is 0.328 e. The van der Waals surface area contributed by atoms with Crippen molar-refractivity contribution < 1.29 is 19.0 Å². The Balaban J connectivity index is 1.31. The molecule has 1 amide bonds. The minimum absolute atomic E-state index is 0.117. The number of ether oxygens (including phenoxy) is 3. The molecule has 0 spiro atoms. The van der Waals surface area contributed by atoms with Crippen molar-refractivity contribution in [2.24, 2.45) is 5.73 Å². The highest BCUT2D eigenvalue weighted by molar-refractivity contribution is 5.94. The Morgan fingerprint density at radius 1 is 0.743 bits per heavy atom. The summed E-state index contributed by atoms with van der Waals surface area (Å²) in [5.41, 5.74) is 6.18. The van der Waals surface area contributed by atoms with Gasteiger partial charge in [-0.15, -0.1) is 0 Å². The van der Waals surface area contributed by atoms with Gasteiger partial charge in [-0.3, -0.25) is 4.79 Å². The lowest BCUT2D eigenvalue weighted by molar-refractivity contribution is 0.0519. The Kier molecular flexibility index (Phi) is 11.2. The number of nitrogens with one attached hydrogen (secondary N) is 3. The number of hydrogen-bond donors (Lipinski definition) is 4. The molecule has 11 nitrogen and oxygen atoms in total. The van der Waals surface area contributed by atoms with Crippen molar-refractivity contribution in [3.63, 3.8) is 0 Å². The van der Waals surface area contributed by atoms with Crippen LogP contribution in [-0.4, -0.2) is 73.5 Å². The lowest BCUT2D eigenvalue weighted by Crippen LogP contribution is -2.27. The topological polar surface area (TPSA) is 146 Å². The summed E-state index contributed by atoms with van der Waals surface area (Å²) in [6.45, 7) is 3.58. The number of carbonyl (C=O) groups excluding carboxylic acids is 1. The fraction of sp³-hybridized carbons (Fsp3) is 0.333. The van der Waals surface area contributed by atoms with Gasteiger partial charge in [0.2, 0.25) is 11.9 Å². The summed E-state index contributed by atoms with van der Waals surface area (Å²) in [6, 6.07) is 18.5. The maximum absolute atomic E-state index is 11.9. The first kappa shape index (κ1) is 25.8. The lowest BCUT2D eigenvalue weighted by atomic mass is 10.2. The molecule has 1 heterocycles. The van der Waals surface area contributed by atoms with Crippen LogP contribution >= 0.6 is 0 Å². The molecule has 1 aromatic heterocycles. The van der Waals surface area contributed by atoms with Crippen LogP contribution in [-0.2, 0) is 9.47 Å². The molecule has 11 heteroatoms. The van der Waals surface area contributed by atoms with Gasteiger partial charge in [-0.25, -0.2) is 0 Å². The molecule has 0 saturated carbocycles. The maximum Gasteiger partial charge on any atom is 0.328 e. The predicted molar refractivity (Wildman–Crippen MR) is 133 cm³/mol. The van der Waals surface area contributed by atoms with Gasteiger partial charge >= 0.3 is 6.01 Å². The minimum Gasteiger partial charge on any atom is -0.424 e. The molecule has 5 N–H and O–H groups in total. The molecule has 35 heavy (non-hydrogen) atoms. The van der Waals surface area contributed by atoms with E-state index in [-0.39, 0.29) is 11.9 Å². The van der Waals surface area contributed by atoms with Gasteiger partial charge in [-0.1, -0.05) is 36.4 Å². The monoisotopic (exact) mass is 481 g/mol. The van der Waals surface area contributed by atoms with Gasteiger partial charge in [0.15, 0.2) is 0 Å². The molecule has 0 atom stereocenters. The van der Waals surface area contributed by atoms with Crippen LogP contribution in [0.2, 0.25) is 0 Å². The van der Waals surface area contributed by atoms with Crippen molar-refractivity contribution in [2.45, 2.75) is 0 Å². The fourth-order valence-electron chi connectivity index (χ4n) is 2.82. The molecule has 0 aliphatic rings. The number of hydrogen-bond acceptors (Lipinski definition) is 10. The van der Waals surface area contributed by atoms with Crippen LogP contribution in [0, 0.1) is 0 Å². The molecule has 3 aromatic rings. The summed E-state index contributed by atoms with van der Waals surface area (Å²) in [5.74, 6) is 1.23. The van der Waals surface area contributed by atoms with E-state index in [1.165, 1.54) is 0 Å². The molecule has 0 fully saturated rings. The van der Waals surface area contributed by atoms with E-state index in [0.717, 1.165) is 0 Å². The average Bonchev–Trinajstić information content (AvgIpc) is 2.89. The van der Waals surface area contributed by atoms with Gasteiger partial charge < -0.3 is 35.9 Å². The second-order valence-electron chi connectivity index (χ2n) is 7.17. The van der Waals surface area contributed by atoms with Gasteiger partial charge in [0.25, 0.3) is 5.91 Å². The van der Waals surface area contributed by atoms with Crippen molar-refractivity contribution in [3.05, 3.63) is 66.2 Å².